The minimum atomic E-state index is -4.18. The lowest BCUT2D eigenvalue weighted by Crippen LogP contribution is -2.54. The lowest BCUT2D eigenvalue weighted by atomic mass is 10.0. The Bertz CT molecular complexity index is 1370. The molecule has 3 aromatic carbocycles. The van der Waals surface area contributed by atoms with Gasteiger partial charge in [-0.1, -0.05) is 61.0 Å². The first-order valence-electron chi connectivity index (χ1n) is 10.6. The summed E-state index contributed by atoms with van der Waals surface area (Å²) >= 11 is 5.99. The number of hydrogen-bond acceptors (Lipinski definition) is 4. The Hall–Kier alpha value is -3.16. The van der Waals surface area contributed by atoms with Gasteiger partial charge in [-0.2, -0.15) is 0 Å². The van der Waals surface area contributed by atoms with Crippen LogP contribution in [0.3, 0.4) is 0 Å². The molecule has 0 bridgehead atoms. The third kappa shape index (κ3) is 3.10. The van der Waals surface area contributed by atoms with Crippen molar-refractivity contribution in [2.75, 3.05) is 15.6 Å². The molecule has 168 valence electrons. The monoisotopic (exact) mass is 480 g/mol. The van der Waals surface area contributed by atoms with Gasteiger partial charge >= 0.3 is 0 Å². The summed E-state index contributed by atoms with van der Waals surface area (Å²) in [5, 5.41) is 0.564. The number of rotatable bonds is 4. The molecule has 1 unspecified atom stereocenters. The van der Waals surface area contributed by atoms with Crippen molar-refractivity contribution in [3.8, 4) is 0 Å². The molecule has 3 aromatic rings. The molecule has 8 heteroatoms. The van der Waals surface area contributed by atoms with E-state index in [0.717, 1.165) is 17.5 Å². The quantitative estimate of drug-likeness (QED) is 0.564. The topological polar surface area (TPSA) is 74.8 Å². The molecule has 1 fully saturated rings. The normalized spacial score (nSPS) is 21.2. The van der Waals surface area contributed by atoms with Crippen molar-refractivity contribution < 1.29 is 18.0 Å². The second-order valence-electron chi connectivity index (χ2n) is 8.19. The second kappa shape index (κ2) is 7.71. The van der Waals surface area contributed by atoms with Gasteiger partial charge < -0.3 is 4.90 Å². The molecule has 1 spiro atoms. The molecule has 1 atom stereocenters. The Morgan fingerprint density at radius 2 is 1.55 bits per heavy atom. The van der Waals surface area contributed by atoms with Crippen LogP contribution < -0.4 is 9.80 Å². The number of nitrogens with zero attached hydrogens (tertiary/aromatic N) is 2. The Kier molecular flexibility index (Phi) is 5.06. The molecule has 0 N–H and O–H groups in total. The van der Waals surface area contributed by atoms with Gasteiger partial charge in [0.2, 0.25) is 5.91 Å². The van der Waals surface area contributed by atoms with Crippen LogP contribution in [0.5, 0.6) is 0 Å². The zero-order valence-electron chi connectivity index (χ0n) is 17.9. The van der Waals surface area contributed by atoms with Gasteiger partial charge in [-0.05, 0) is 47.9 Å². The lowest BCUT2D eigenvalue weighted by Gasteiger charge is -2.32. The van der Waals surface area contributed by atoms with E-state index in [1.54, 1.807) is 60.7 Å². The number of fused-ring (bicyclic) bond motifs is 2. The van der Waals surface area contributed by atoms with Gasteiger partial charge in [-0.15, -0.1) is 0 Å². The van der Waals surface area contributed by atoms with Crippen molar-refractivity contribution >= 4 is 44.6 Å². The van der Waals surface area contributed by atoms with E-state index < -0.39 is 32.3 Å². The molecule has 2 amide bonds. The minimum Gasteiger partial charge on any atom is -0.304 e. The molecular formula is C25H21ClN2O4S. The van der Waals surface area contributed by atoms with E-state index in [2.05, 4.69) is 0 Å². The lowest BCUT2D eigenvalue weighted by molar-refractivity contribution is -0.123. The summed E-state index contributed by atoms with van der Waals surface area (Å²) in [6.07, 6.45) is 0.800. The van der Waals surface area contributed by atoms with Crippen LogP contribution in [0.2, 0.25) is 5.02 Å². The zero-order chi connectivity index (χ0) is 23.4. The minimum absolute atomic E-state index is 0.154. The number of halogens is 1. The van der Waals surface area contributed by atoms with Gasteiger partial charge in [0.05, 0.1) is 12.2 Å². The first-order valence-corrected chi connectivity index (χ1v) is 12.6. The largest absolute Gasteiger partial charge is 0.304 e. The zero-order valence-corrected chi connectivity index (χ0v) is 19.4. The van der Waals surface area contributed by atoms with Crippen molar-refractivity contribution in [3.05, 3.63) is 94.5 Å². The Balaban J connectivity index is 1.70. The summed E-state index contributed by atoms with van der Waals surface area (Å²) in [6.45, 7) is 2.16. The number of sulfone groups is 1. The van der Waals surface area contributed by atoms with Crippen LogP contribution in [0.15, 0.2) is 72.8 Å². The fraction of sp³-hybridized carbons (Fsp3) is 0.200. The molecule has 0 saturated carbocycles. The number of carbonyl (C=O) groups excluding carboxylic acids is 2. The van der Waals surface area contributed by atoms with Crippen LogP contribution in [0.1, 0.15) is 23.6 Å². The SMILES string of the molecule is CCc1ccc(N2C(=O)CS(=O)(=O)C23C(=O)N(Cc2ccc(Cl)cc2)c2ccccc23)cc1. The molecule has 6 nitrogen and oxygen atoms in total. The van der Waals surface area contributed by atoms with Crippen molar-refractivity contribution in [1.82, 2.24) is 0 Å². The number of anilines is 2. The first-order chi connectivity index (χ1) is 15.8. The Morgan fingerprint density at radius 1 is 0.909 bits per heavy atom. The van der Waals surface area contributed by atoms with E-state index >= 15 is 0 Å². The van der Waals surface area contributed by atoms with E-state index in [9.17, 15) is 18.0 Å². The summed E-state index contributed by atoms with van der Waals surface area (Å²) in [7, 11) is -4.18. The molecule has 2 aliphatic rings. The number of hydrogen-bond donors (Lipinski definition) is 0. The van der Waals surface area contributed by atoms with Gasteiger partial charge in [-0.3, -0.25) is 14.5 Å². The van der Waals surface area contributed by atoms with Crippen molar-refractivity contribution in [2.24, 2.45) is 0 Å². The summed E-state index contributed by atoms with van der Waals surface area (Å²) < 4.78 is 27.2. The maximum atomic E-state index is 14.1. The van der Waals surface area contributed by atoms with Crippen molar-refractivity contribution in [1.29, 1.82) is 0 Å². The Morgan fingerprint density at radius 3 is 2.21 bits per heavy atom. The maximum absolute atomic E-state index is 14.1. The third-order valence-corrected chi connectivity index (χ3v) is 8.64. The highest BCUT2D eigenvalue weighted by atomic mass is 35.5. The third-order valence-electron chi connectivity index (χ3n) is 6.28. The van der Waals surface area contributed by atoms with Gasteiger partial charge in [-0.25, -0.2) is 8.42 Å². The summed E-state index contributed by atoms with van der Waals surface area (Å²) in [5.41, 5.74) is 3.00. The van der Waals surface area contributed by atoms with Gasteiger partial charge in [0.25, 0.3) is 10.8 Å². The summed E-state index contributed by atoms with van der Waals surface area (Å²) in [6, 6.07) is 20.9. The van der Waals surface area contributed by atoms with E-state index in [4.69, 9.17) is 11.6 Å². The molecule has 0 aliphatic carbocycles. The number of benzene rings is 3. The Labute approximate surface area is 197 Å². The molecule has 0 radical (unpaired) electrons. The van der Waals surface area contributed by atoms with Gasteiger partial charge in [0.1, 0.15) is 5.75 Å². The number of carbonyl (C=O) groups is 2. The first kappa shape index (κ1) is 21.7. The molecule has 0 aromatic heterocycles. The predicted molar refractivity (Wildman–Crippen MR) is 128 cm³/mol. The number of aryl methyl sites for hydroxylation is 1. The highest BCUT2D eigenvalue weighted by molar-refractivity contribution is 7.94. The molecule has 2 heterocycles. The van der Waals surface area contributed by atoms with Crippen LogP contribution in [0.25, 0.3) is 0 Å². The maximum Gasteiger partial charge on any atom is 0.274 e. The van der Waals surface area contributed by atoms with Gasteiger partial charge in [0, 0.05) is 16.3 Å². The van der Waals surface area contributed by atoms with Crippen LogP contribution >= 0.6 is 11.6 Å². The molecular weight excluding hydrogens is 460 g/mol. The van der Waals surface area contributed by atoms with E-state index in [0.29, 0.717) is 22.0 Å². The van der Waals surface area contributed by atoms with Crippen molar-refractivity contribution in [2.45, 2.75) is 24.8 Å². The summed E-state index contributed by atoms with van der Waals surface area (Å²) in [4.78, 5) is 27.7. The van der Waals surface area contributed by atoms with Crippen molar-refractivity contribution in [3.63, 3.8) is 0 Å². The highest BCUT2D eigenvalue weighted by Crippen LogP contribution is 2.52. The fourth-order valence-electron chi connectivity index (χ4n) is 4.70. The average Bonchev–Trinajstić information content (AvgIpc) is 3.18. The summed E-state index contributed by atoms with van der Waals surface area (Å²) in [5.74, 6) is -1.99. The highest BCUT2D eigenvalue weighted by Gasteiger charge is 2.69. The molecule has 2 aliphatic heterocycles. The fourth-order valence-corrected chi connectivity index (χ4v) is 6.86. The van der Waals surface area contributed by atoms with E-state index in [-0.39, 0.29) is 6.54 Å². The second-order valence-corrected chi connectivity index (χ2v) is 10.7. The van der Waals surface area contributed by atoms with E-state index in [1.165, 1.54) is 9.80 Å². The number of amides is 2. The standard InChI is InChI=1S/C25H21ClN2O4S/c1-2-17-9-13-20(14-10-17)28-23(29)16-33(31,32)25(28)21-5-3-4-6-22(21)27(24(25)30)15-18-7-11-19(26)12-8-18/h3-14H,2,15-16H2,1H3. The molecule has 1 saturated heterocycles. The van der Waals surface area contributed by atoms with Crippen LogP contribution in [-0.4, -0.2) is 26.0 Å². The van der Waals surface area contributed by atoms with E-state index in [1.807, 2.05) is 19.1 Å². The van der Waals surface area contributed by atoms with Gasteiger partial charge in [0.15, 0.2) is 9.84 Å². The smallest absolute Gasteiger partial charge is 0.274 e. The number of para-hydroxylation sites is 1. The average molecular weight is 481 g/mol. The molecule has 33 heavy (non-hydrogen) atoms. The van der Waals surface area contributed by atoms with Crippen LogP contribution in [-0.2, 0) is 37.3 Å². The van der Waals surface area contributed by atoms with Crippen LogP contribution in [0.4, 0.5) is 11.4 Å². The molecule has 5 rings (SSSR count). The predicted octanol–water partition coefficient (Wildman–Crippen LogP) is 4.06. The van der Waals surface area contributed by atoms with Crippen LogP contribution in [0, 0.1) is 0 Å².